The molecule has 0 aromatic carbocycles. The van der Waals surface area contributed by atoms with Crippen LogP contribution in [-0.2, 0) is 14.3 Å². The van der Waals surface area contributed by atoms with Gasteiger partial charge in [-0.3, -0.25) is 4.79 Å². The Labute approximate surface area is 103 Å². The van der Waals surface area contributed by atoms with Crippen LogP contribution in [0.4, 0.5) is 4.79 Å². The average Bonchev–Trinajstić information content (AvgIpc) is 2.28. The van der Waals surface area contributed by atoms with Crippen LogP contribution < -0.4 is 0 Å². The van der Waals surface area contributed by atoms with Crippen LogP contribution in [-0.4, -0.2) is 43.3 Å². The van der Waals surface area contributed by atoms with Crippen molar-refractivity contribution in [1.82, 2.24) is 4.90 Å². The standard InChI is InChI=1S/C12H23NO4/c1-6-13(7-2)11(15)17-9-12(4,5)10(14)16-8-3/h6-9H2,1-5H3. The van der Waals surface area contributed by atoms with Gasteiger partial charge in [-0.25, -0.2) is 4.79 Å². The normalized spacial score (nSPS) is 10.9. The topological polar surface area (TPSA) is 55.8 Å². The van der Waals surface area contributed by atoms with E-state index in [2.05, 4.69) is 0 Å². The minimum Gasteiger partial charge on any atom is -0.465 e. The molecule has 0 aromatic heterocycles. The molecule has 0 atom stereocenters. The fraction of sp³-hybridized carbons (Fsp3) is 0.833. The molecule has 0 heterocycles. The summed E-state index contributed by atoms with van der Waals surface area (Å²) in [4.78, 5) is 24.7. The molecule has 0 aliphatic rings. The molecule has 5 heteroatoms. The molecule has 0 bridgehead atoms. The Hall–Kier alpha value is -1.26. The predicted molar refractivity (Wildman–Crippen MR) is 64.7 cm³/mol. The van der Waals surface area contributed by atoms with Crippen LogP contribution in [0.15, 0.2) is 0 Å². The van der Waals surface area contributed by atoms with Crippen molar-refractivity contribution in [3.8, 4) is 0 Å². The van der Waals surface area contributed by atoms with E-state index in [1.807, 2.05) is 13.8 Å². The first-order valence-electron chi connectivity index (χ1n) is 5.97. The highest BCUT2D eigenvalue weighted by molar-refractivity contribution is 5.76. The van der Waals surface area contributed by atoms with Crippen molar-refractivity contribution in [2.75, 3.05) is 26.3 Å². The summed E-state index contributed by atoms with van der Waals surface area (Å²) in [6.07, 6.45) is -0.396. The summed E-state index contributed by atoms with van der Waals surface area (Å²) in [5, 5.41) is 0. The van der Waals surface area contributed by atoms with Crippen LogP contribution in [0.25, 0.3) is 0 Å². The van der Waals surface area contributed by atoms with Gasteiger partial charge in [-0.2, -0.15) is 0 Å². The number of hydrogen-bond donors (Lipinski definition) is 0. The summed E-state index contributed by atoms with van der Waals surface area (Å²) >= 11 is 0. The zero-order chi connectivity index (χ0) is 13.5. The Morgan fingerprint density at radius 2 is 1.59 bits per heavy atom. The van der Waals surface area contributed by atoms with Gasteiger partial charge in [0.15, 0.2) is 0 Å². The molecule has 0 N–H and O–H groups in total. The smallest absolute Gasteiger partial charge is 0.409 e. The molecule has 0 saturated carbocycles. The Kier molecular flexibility index (Phi) is 6.61. The second kappa shape index (κ2) is 7.14. The Bertz CT molecular complexity index is 259. The molecule has 0 aliphatic heterocycles. The molecular weight excluding hydrogens is 222 g/mol. The van der Waals surface area contributed by atoms with Crippen LogP contribution in [0.1, 0.15) is 34.6 Å². The van der Waals surface area contributed by atoms with Gasteiger partial charge in [0.05, 0.1) is 12.0 Å². The van der Waals surface area contributed by atoms with Crippen LogP contribution in [0.5, 0.6) is 0 Å². The fourth-order valence-corrected chi connectivity index (χ4v) is 1.20. The number of ether oxygens (including phenoxy) is 2. The monoisotopic (exact) mass is 245 g/mol. The van der Waals surface area contributed by atoms with Gasteiger partial charge < -0.3 is 14.4 Å². The number of hydrogen-bond acceptors (Lipinski definition) is 4. The molecule has 0 radical (unpaired) electrons. The number of carbonyl (C=O) groups is 2. The second-order valence-electron chi connectivity index (χ2n) is 4.33. The summed E-state index contributed by atoms with van der Waals surface area (Å²) in [7, 11) is 0. The number of carbonyl (C=O) groups excluding carboxylic acids is 2. The van der Waals surface area contributed by atoms with Gasteiger partial charge in [-0.05, 0) is 34.6 Å². The van der Waals surface area contributed by atoms with E-state index in [-0.39, 0.29) is 12.6 Å². The molecule has 100 valence electrons. The van der Waals surface area contributed by atoms with Gasteiger partial charge in [0.25, 0.3) is 0 Å². The maximum absolute atomic E-state index is 11.6. The van der Waals surface area contributed by atoms with E-state index in [4.69, 9.17) is 9.47 Å². The largest absolute Gasteiger partial charge is 0.465 e. The first kappa shape index (κ1) is 15.7. The summed E-state index contributed by atoms with van der Waals surface area (Å²) in [5.74, 6) is -0.354. The van der Waals surface area contributed by atoms with E-state index in [9.17, 15) is 9.59 Å². The third-order valence-corrected chi connectivity index (χ3v) is 2.41. The fourth-order valence-electron chi connectivity index (χ4n) is 1.20. The van der Waals surface area contributed by atoms with Crippen LogP contribution in [0.2, 0.25) is 0 Å². The van der Waals surface area contributed by atoms with Crippen LogP contribution >= 0.6 is 0 Å². The minimum atomic E-state index is -0.807. The third-order valence-electron chi connectivity index (χ3n) is 2.41. The van der Waals surface area contributed by atoms with E-state index < -0.39 is 11.5 Å². The zero-order valence-electron chi connectivity index (χ0n) is 11.4. The van der Waals surface area contributed by atoms with E-state index in [1.165, 1.54) is 0 Å². The van der Waals surface area contributed by atoms with E-state index in [1.54, 1.807) is 25.7 Å². The summed E-state index contributed by atoms with van der Waals surface area (Å²) < 4.78 is 10.0. The minimum absolute atomic E-state index is 0.0289. The molecule has 0 unspecified atom stereocenters. The number of nitrogens with zero attached hydrogens (tertiary/aromatic N) is 1. The van der Waals surface area contributed by atoms with Crippen molar-refractivity contribution in [1.29, 1.82) is 0 Å². The Balaban J connectivity index is 4.26. The second-order valence-corrected chi connectivity index (χ2v) is 4.33. The SMILES string of the molecule is CCOC(=O)C(C)(C)COC(=O)N(CC)CC. The Morgan fingerprint density at radius 3 is 2.00 bits per heavy atom. The molecule has 0 fully saturated rings. The summed E-state index contributed by atoms with van der Waals surface area (Å²) in [6.45, 7) is 10.4. The lowest BCUT2D eigenvalue weighted by atomic mass is 9.95. The van der Waals surface area contributed by atoms with E-state index >= 15 is 0 Å². The van der Waals surface area contributed by atoms with Gasteiger partial charge in [-0.15, -0.1) is 0 Å². The lowest BCUT2D eigenvalue weighted by molar-refractivity contribution is -0.155. The zero-order valence-corrected chi connectivity index (χ0v) is 11.4. The first-order valence-corrected chi connectivity index (χ1v) is 5.97. The highest BCUT2D eigenvalue weighted by Crippen LogP contribution is 2.18. The van der Waals surface area contributed by atoms with E-state index in [0.29, 0.717) is 19.7 Å². The highest BCUT2D eigenvalue weighted by Gasteiger charge is 2.31. The molecule has 0 aliphatic carbocycles. The number of esters is 1. The number of rotatable bonds is 6. The highest BCUT2D eigenvalue weighted by atomic mass is 16.6. The molecule has 1 amide bonds. The average molecular weight is 245 g/mol. The van der Waals surface area contributed by atoms with Crippen molar-refractivity contribution >= 4 is 12.1 Å². The van der Waals surface area contributed by atoms with Crippen molar-refractivity contribution in [2.45, 2.75) is 34.6 Å². The van der Waals surface area contributed by atoms with Gasteiger partial charge in [0, 0.05) is 13.1 Å². The van der Waals surface area contributed by atoms with Gasteiger partial charge in [0.1, 0.15) is 6.61 Å². The predicted octanol–water partition coefficient (Wildman–Crippen LogP) is 2.05. The lowest BCUT2D eigenvalue weighted by Crippen LogP contribution is -2.37. The van der Waals surface area contributed by atoms with Gasteiger partial charge in [-0.1, -0.05) is 0 Å². The summed E-state index contributed by atoms with van der Waals surface area (Å²) in [6, 6.07) is 0. The van der Waals surface area contributed by atoms with Crippen molar-refractivity contribution < 1.29 is 19.1 Å². The van der Waals surface area contributed by atoms with Crippen LogP contribution in [0.3, 0.4) is 0 Å². The first-order chi connectivity index (χ1) is 7.88. The quantitative estimate of drug-likeness (QED) is 0.672. The molecule has 5 nitrogen and oxygen atoms in total. The lowest BCUT2D eigenvalue weighted by Gasteiger charge is -2.24. The van der Waals surface area contributed by atoms with Crippen molar-refractivity contribution in [3.63, 3.8) is 0 Å². The Morgan fingerprint density at radius 1 is 1.06 bits per heavy atom. The van der Waals surface area contributed by atoms with Crippen molar-refractivity contribution in [2.24, 2.45) is 5.41 Å². The molecular formula is C12H23NO4. The molecule has 0 saturated heterocycles. The maximum Gasteiger partial charge on any atom is 0.409 e. The van der Waals surface area contributed by atoms with Gasteiger partial charge >= 0.3 is 12.1 Å². The molecule has 0 spiro atoms. The molecule has 0 aromatic rings. The number of amides is 1. The van der Waals surface area contributed by atoms with Gasteiger partial charge in [0.2, 0.25) is 0 Å². The molecule has 0 rings (SSSR count). The van der Waals surface area contributed by atoms with Crippen LogP contribution in [0, 0.1) is 5.41 Å². The maximum atomic E-state index is 11.6. The van der Waals surface area contributed by atoms with Crippen molar-refractivity contribution in [3.05, 3.63) is 0 Å². The molecule has 17 heavy (non-hydrogen) atoms. The summed E-state index contributed by atoms with van der Waals surface area (Å²) in [5.41, 5.74) is -0.807. The van der Waals surface area contributed by atoms with E-state index in [0.717, 1.165) is 0 Å². The third kappa shape index (κ3) is 5.06.